The third kappa shape index (κ3) is 2.39. The van der Waals surface area contributed by atoms with Gasteiger partial charge >= 0.3 is 0 Å². The molecule has 1 aromatic carbocycles. The summed E-state index contributed by atoms with van der Waals surface area (Å²) in [6, 6.07) is 10.3. The van der Waals surface area contributed by atoms with Crippen LogP contribution in [0.15, 0.2) is 35.7 Å². The van der Waals surface area contributed by atoms with Gasteiger partial charge in [-0.05, 0) is 12.0 Å². The highest BCUT2D eigenvalue weighted by molar-refractivity contribution is 7.08. The quantitative estimate of drug-likeness (QED) is 0.752. The van der Waals surface area contributed by atoms with E-state index in [4.69, 9.17) is 4.74 Å². The van der Waals surface area contributed by atoms with Crippen LogP contribution in [0, 0.1) is 5.38 Å². The van der Waals surface area contributed by atoms with Gasteiger partial charge in [0.05, 0.1) is 12.0 Å². The lowest BCUT2D eigenvalue weighted by molar-refractivity contribution is 0.319. The van der Waals surface area contributed by atoms with Crippen molar-refractivity contribution in [2.24, 2.45) is 0 Å². The van der Waals surface area contributed by atoms with E-state index in [2.05, 4.69) is 29.8 Å². The highest BCUT2D eigenvalue weighted by Crippen LogP contribution is 2.32. The van der Waals surface area contributed by atoms with Gasteiger partial charge in [0.25, 0.3) is 0 Å². The summed E-state index contributed by atoms with van der Waals surface area (Å²) < 4.78 is 5.64. The molecule has 0 bridgehead atoms. The molecule has 1 heterocycles. The van der Waals surface area contributed by atoms with Crippen LogP contribution >= 0.6 is 11.3 Å². The SMILES string of the molecule is CCCOc1[c]scc1-c1ccccc1. The van der Waals surface area contributed by atoms with Gasteiger partial charge in [0.2, 0.25) is 0 Å². The topological polar surface area (TPSA) is 9.23 Å². The normalized spacial score (nSPS) is 10.2. The van der Waals surface area contributed by atoms with Gasteiger partial charge in [-0.1, -0.05) is 37.3 Å². The molecule has 2 heteroatoms. The predicted molar refractivity (Wildman–Crippen MR) is 64.4 cm³/mol. The van der Waals surface area contributed by atoms with E-state index in [1.165, 1.54) is 5.56 Å². The van der Waals surface area contributed by atoms with E-state index < -0.39 is 0 Å². The van der Waals surface area contributed by atoms with Crippen molar-refractivity contribution in [2.45, 2.75) is 13.3 Å². The third-order valence-corrected chi connectivity index (χ3v) is 2.77. The minimum atomic E-state index is 0.757. The lowest BCUT2D eigenvalue weighted by atomic mass is 10.1. The van der Waals surface area contributed by atoms with Gasteiger partial charge in [-0.2, -0.15) is 0 Å². The molecule has 1 aromatic heterocycles. The molecule has 2 aromatic rings. The van der Waals surface area contributed by atoms with Crippen LogP contribution in [-0.4, -0.2) is 6.61 Å². The van der Waals surface area contributed by atoms with E-state index in [-0.39, 0.29) is 0 Å². The Balaban J connectivity index is 2.25. The molecule has 0 fully saturated rings. The summed E-state index contributed by atoms with van der Waals surface area (Å²) in [5.74, 6) is 0.882. The molecule has 0 atom stereocenters. The van der Waals surface area contributed by atoms with Crippen LogP contribution in [0.2, 0.25) is 0 Å². The van der Waals surface area contributed by atoms with Crippen molar-refractivity contribution in [2.75, 3.05) is 6.61 Å². The number of benzene rings is 1. The fraction of sp³-hybridized carbons (Fsp3) is 0.231. The van der Waals surface area contributed by atoms with Crippen LogP contribution in [-0.2, 0) is 0 Å². The summed E-state index contributed by atoms with van der Waals surface area (Å²) in [6.45, 7) is 2.86. The number of ether oxygens (including phenoxy) is 1. The van der Waals surface area contributed by atoms with Gasteiger partial charge in [0, 0.05) is 10.9 Å². The van der Waals surface area contributed by atoms with Crippen molar-refractivity contribution < 1.29 is 4.74 Å². The standard InChI is InChI=1S/C13H13OS/c1-2-8-14-13-10-15-9-12(13)11-6-4-3-5-7-11/h3-7,9H,2,8H2,1H3. The first-order chi connectivity index (χ1) is 7.42. The summed E-state index contributed by atoms with van der Waals surface area (Å²) >= 11 is 1.56. The molecule has 0 unspecified atom stereocenters. The molecule has 0 aliphatic rings. The van der Waals surface area contributed by atoms with Gasteiger partial charge in [-0.15, -0.1) is 11.3 Å². The van der Waals surface area contributed by atoms with Crippen molar-refractivity contribution in [1.29, 1.82) is 0 Å². The number of hydrogen-bond acceptors (Lipinski definition) is 2. The van der Waals surface area contributed by atoms with Crippen LogP contribution < -0.4 is 4.74 Å². The summed E-state index contributed by atoms with van der Waals surface area (Å²) in [4.78, 5) is 0. The Morgan fingerprint density at radius 2 is 2.07 bits per heavy atom. The van der Waals surface area contributed by atoms with Crippen molar-refractivity contribution in [3.63, 3.8) is 0 Å². The number of hydrogen-bond donors (Lipinski definition) is 0. The second-order valence-corrected chi connectivity index (χ2v) is 3.97. The smallest absolute Gasteiger partial charge is 0.146 e. The zero-order valence-corrected chi connectivity index (χ0v) is 9.51. The van der Waals surface area contributed by atoms with E-state index in [0.29, 0.717) is 0 Å². The van der Waals surface area contributed by atoms with E-state index >= 15 is 0 Å². The largest absolute Gasteiger partial charge is 0.491 e. The van der Waals surface area contributed by atoms with Crippen molar-refractivity contribution >= 4 is 11.3 Å². The van der Waals surface area contributed by atoms with Crippen LogP contribution in [0.1, 0.15) is 13.3 Å². The maximum absolute atomic E-state index is 5.64. The molecule has 1 radical (unpaired) electrons. The maximum atomic E-state index is 5.64. The van der Waals surface area contributed by atoms with Crippen molar-refractivity contribution in [1.82, 2.24) is 0 Å². The Kier molecular flexibility index (Phi) is 3.41. The minimum absolute atomic E-state index is 0.757. The highest BCUT2D eigenvalue weighted by Gasteiger charge is 2.06. The van der Waals surface area contributed by atoms with Crippen LogP contribution in [0.4, 0.5) is 0 Å². The Morgan fingerprint density at radius 1 is 1.27 bits per heavy atom. The Bertz CT molecular complexity index is 405. The zero-order valence-electron chi connectivity index (χ0n) is 8.69. The van der Waals surface area contributed by atoms with Gasteiger partial charge in [-0.3, -0.25) is 0 Å². The monoisotopic (exact) mass is 217 g/mol. The Labute approximate surface area is 94.3 Å². The minimum Gasteiger partial charge on any atom is -0.491 e. The second kappa shape index (κ2) is 4.99. The average molecular weight is 217 g/mol. The fourth-order valence-corrected chi connectivity index (χ4v) is 2.07. The number of rotatable bonds is 4. The van der Waals surface area contributed by atoms with Gasteiger partial charge in [0.1, 0.15) is 5.75 Å². The van der Waals surface area contributed by atoms with E-state index in [0.717, 1.165) is 24.3 Å². The zero-order chi connectivity index (χ0) is 10.5. The first kappa shape index (κ1) is 10.2. The molecular weight excluding hydrogens is 204 g/mol. The second-order valence-electron chi connectivity index (χ2n) is 3.30. The van der Waals surface area contributed by atoms with Gasteiger partial charge in [0.15, 0.2) is 0 Å². The molecule has 1 nitrogen and oxygen atoms in total. The van der Waals surface area contributed by atoms with E-state index in [1.807, 2.05) is 18.2 Å². The molecule has 0 aliphatic heterocycles. The van der Waals surface area contributed by atoms with Crippen molar-refractivity contribution in [3.05, 3.63) is 41.1 Å². The third-order valence-electron chi connectivity index (χ3n) is 2.11. The average Bonchev–Trinajstić information content (AvgIpc) is 2.75. The Hall–Kier alpha value is -1.28. The van der Waals surface area contributed by atoms with Crippen molar-refractivity contribution in [3.8, 4) is 16.9 Å². The van der Waals surface area contributed by atoms with E-state index in [1.54, 1.807) is 11.3 Å². The molecule has 2 rings (SSSR count). The lowest BCUT2D eigenvalue weighted by Gasteiger charge is -2.05. The summed E-state index contributed by atoms with van der Waals surface area (Å²) in [5.41, 5.74) is 2.34. The predicted octanol–water partition coefficient (Wildman–Crippen LogP) is 4.00. The summed E-state index contributed by atoms with van der Waals surface area (Å²) in [6.07, 6.45) is 1.03. The summed E-state index contributed by atoms with van der Waals surface area (Å²) in [5, 5.41) is 5.24. The Morgan fingerprint density at radius 3 is 2.80 bits per heavy atom. The summed E-state index contributed by atoms with van der Waals surface area (Å²) in [7, 11) is 0. The van der Waals surface area contributed by atoms with E-state index in [9.17, 15) is 0 Å². The van der Waals surface area contributed by atoms with Gasteiger partial charge in [-0.25, -0.2) is 0 Å². The number of thiophene rings is 1. The van der Waals surface area contributed by atoms with Crippen LogP contribution in [0.5, 0.6) is 5.75 Å². The lowest BCUT2D eigenvalue weighted by Crippen LogP contribution is -1.94. The fourth-order valence-electron chi connectivity index (χ4n) is 1.38. The molecule has 0 saturated heterocycles. The molecule has 15 heavy (non-hydrogen) atoms. The first-order valence-corrected chi connectivity index (χ1v) is 5.97. The molecule has 0 aliphatic carbocycles. The molecule has 0 saturated carbocycles. The molecule has 0 spiro atoms. The molecular formula is C13H13OS. The molecule has 77 valence electrons. The maximum Gasteiger partial charge on any atom is 0.146 e. The molecule has 0 amide bonds. The molecule has 0 N–H and O–H groups in total. The highest BCUT2D eigenvalue weighted by atomic mass is 32.1. The van der Waals surface area contributed by atoms with Crippen LogP contribution in [0.3, 0.4) is 0 Å². The first-order valence-electron chi connectivity index (χ1n) is 5.09. The van der Waals surface area contributed by atoms with Gasteiger partial charge < -0.3 is 4.74 Å². The van der Waals surface area contributed by atoms with Crippen LogP contribution in [0.25, 0.3) is 11.1 Å².